The van der Waals surface area contributed by atoms with Gasteiger partial charge in [0.2, 0.25) is 5.91 Å². The second-order valence-corrected chi connectivity index (χ2v) is 6.96. The van der Waals surface area contributed by atoms with E-state index in [9.17, 15) is 9.59 Å². The van der Waals surface area contributed by atoms with Gasteiger partial charge in [0.15, 0.2) is 0 Å². The molecule has 5 nitrogen and oxygen atoms in total. The molecule has 0 unspecified atom stereocenters. The van der Waals surface area contributed by atoms with Crippen LogP contribution in [0.3, 0.4) is 0 Å². The van der Waals surface area contributed by atoms with E-state index in [2.05, 4.69) is 5.32 Å². The molecular weight excluding hydrogens is 278 g/mol. The van der Waals surface area contributed by atoms with Crippen LogP contribution >= 0.6 is 0 Å². The fourth-order valence-electron chi connectivity index (χ4n) is 3.33. The summed E-state index contributed by atoms with van der Waals surface area (Å²) in [4.78, 5) is 28.3. The molecule has 0 atom stereocenters. The van der Waals surface area contributed by atoms with Crippen molar-refractivity contribution in [3.05, 3.63) is 0 Å². The highest BCUT2D eigenvalue weighted by Gasteiger charge is 2.26. The zero-order valence-corrected chi connectivity index (χ0v) is 14.1. The van der Waals surface area contributed by atoms with E-state index in [0.717, 1.165) is 51.9 Å². The molecule has 0 saturated carbocycles. The van der Waals surface area contributed by atoms with Crippen molar-refractivity contribution in [2.75, 3.05) is 26.2 Å². The third-order valence-corrected chi connectivity index (χ3v) is 4.77. The smallest absolute Gasteiger partial charge is 0.317 e. The Morgan fingerprint density at radius 2 is 1.41 bits per heavy atom. The first-order valence-corrected chi connectivity index (χ1v) is 8.92. The van der Waals surface area contributed by atoms with E-state index in [1.54, 1.807) is 0 Å². The molecule has 2 saturated heterocycles. The number of hydrogen-bond acceptors (Lipinski definition) is 2. The molecule has 2 fully saturated rings. The lowest BCUT2D eigenvalue weighted by Gasteiger charge is -2.35. The van der Waals surface area contributed by atoms with Crippen LogP contribution in [0.4, 0.5) is 4.79 Å². The van der Waals surface area contributed by atoms with Crippen LogP contribution in [-0.2, 0) is 4.79 Å². The molecule has 0 aromatic carbocycles. The van der Waals surface area contributed by atoms with Crippen LogP contribution in [0.1, 0.15) is 58.8 Å². The summed E-state index contributed by atoms with van der Waals surface area (Å²) in [5.74, 6) is 0.292. The Morgan fingerprint density at radius 1 is 0.864 bits per heavy atom. The maximum absolute atomic E-state index is 12.4. The monoisotopic (exact) mass is 309 g/mol. The first kappa shape index (κ1) is 17.1. The molecule has 0 aromatic heterocycles. The number of amides is 3. The van der Waals surface area contributed by atoms with E-state index in [-0.39, 0.29) is 23.9 Å². The van der Waals surface area contributed by atoms with E-state index in [4.69, 9.17) is 0 Å². The summed E-state index contributed by atoms with van der Waals surface area (Å²) < 4.78 is 0. The van der Waals surface area contributed by atoms with Gasteiger partial charge in [-0.2, -0.15) is 0 Å². The summed E-state index contributed by atoms with van der Waals surface area (Å²) in [6, 6.07) is 0.310. The van der Waals surface area contributed by atoms with Crippen LogP contribution in [-0.4, -0.2) is 54.0 Å². The molecule has 0 bridgehead atoms. The zero-order valence-electron chi connectivity index (χ0n) is 14.1. The van der Waals surface area contributed by atoms with Gasteiger partial charge in [0, 0.05) is 38.1 Å². The van der Waals surface area contributed by atoms with Crippen LogP contribution < -0.4 is 5.32 Å². The van der Waals surface area contributed by atoms with Crippen LogP contribution in [0, 0.1) is 5.92 Å². The average molecular weight is 309 g/mol. The van der Waals surface area contributed by atoms with E-state index in [0.29, 0.717) is 0 Å². The molecule has 0 aliphatic carbocycles. The molecule has 3 amide bonds. The number of nitrogens with zero attached hydrogens (tertiary/aromatic N) is 2. The van der Waals surface area contributed by atoms with Gasteiger partial charge in [0.25, 0.3) is 0 Å². The van der Waals surface area contributed by atoms with Gasteiger partial charge in [0.05, 0.1) is 0 Å². The highest BCUT2D eigenvalue weighted by atomic mass is 16.2. The molecule has 0 aromatic rings. The van der Waals surface area contributed by atoms with Crippen LogP contribution in [0.15, 0.2) is 0 Å². The number of rotatable bonds is 2. The van der Waals surface area contributed by atoms with Gasteiger partial charge in [-0.1, -0.05) is 33.1 Å². The summed E-state index contributed by atoms with van der Waals surface area (Å²) >= 11 is 0. The Balaban J connectivity index is 1.75. The van der Waals surface area contributed by atoms with Crippen molar-refractivity contribution in [2.24, 2.45) is 5.92 Å². The lowest BCUT2D eigenvalue weighted by atomic mass is 10.0. The molecule has 2 heterocycles. The van der Waals surface area contributed by atoms with E-state index in [1.165, 1.54) is 19.3 Å². The maximum atomic E-state index is 12.4. The van der Waals surface area contributed by atoms with Gasteiger partial charge in [-0.25, -0.2) is 4.79 Å². The summed E-state index contributed by atoms with van der Waals surface area (Å²) in [6.07, 6.45) is 7.76. The minimum atomic E-state index is 0.0622. The van der Waals surface area contributed by atoms with Crippen molar-refractivity contribution >= 4 is 11.9 Å². The summed E-state index contributed by atoms with van der Waals surface area (Å²) in [5, 5.41) is 3.17. The van der Waals surface area contributed by atoms with E-state index >= 15 is 0 Å². The third-order valence-electron chi connectivity index (χ3n) is 4.77. The van der Waals surface area contributed by atoms with Crippen LogP contribution in [0.5, 0.6) is 0 Å². The van der Waals surface area contributed by atoms with Crippen molar-refractivity contribution < 1.29 is 9.59 Å². The normalized spacial score (nSPS) is 21.4. The number of hydrogen-bond donors (Lipinski definition) is 1. The topological polar surface area (TPSA) is 52.7 Å². The van der Waals surface area contributed by atoms with Crippen molar-refractivity contribution in [3.63, 3.8) is 0 Å². The summed E-state index contributed by atoms with van der Waals surface area (Å²) in [7, 11) is 0. The number of carbonyl (C=O) groups excluding carboxylic acids is 2. The standard InChI is InChI=1S/C17H31N3O2/c1-14(2)16(21)19-12-8-15(9-13-19)18-17(22)20-10-6-4-3-5-7-11-20/h14-15H,3-13H2,1-2H3,(H,18,22). The zero-order chi connectivity index (χ0) is 15.9. The molecule has 2 aliphatic rings. The van der Waals surface area contributed by atoms with E-state index in [1.807, 2.05) is 23.6 Å². The quantitative estimate of drug-likeness (QED) is 0.852. The van der Waals surface area contributed by atoms with Crippen LogP contribution in [0.2, 0.25) is 0 Å². The molecule has 0 spiro atoms. The van der Waals surface area contributed by atoms with Gasteiger partial charge >= 0.3 is 6.03 Å². The largest absolute Gasteiger partial charge is 0.342 e. The number of urea groups is 1. The second-order valence-electron chi connectivity index (χ2n) is 6.96. The molecule has 5 heteroatoms. The molecule has 22 heavy (non-hydrogen) atoms. The molecule has 126 valence electrons. The average Bonchev–Trinajstić information content (AvgIpc) is 2.46. The first-order chi connectivity index (χ1) is 10.6. The Labute approximate surface area is 134 Å². The fraction of sp³-hybridized carbons (Fsp3) is 0.882. The predicted octanol–water partition coefficient (Wildman–Crippen LogP) is 2.61. The molecule has 2 aliphatic heterocycles. The van der Waals surface area contributed by atoms with Gasteiger partial charge in [-0.05, 0) is 25.7 Å². The van der Waals surface area contributed by atoms with Gasteiger partial charge in [-0.3, -0.25) is 4.79 Å². The maximum Gasteiger partial charge on any atom is 0.317 e. The second kappa shape index (κ2) is 8.39. The Bertz CT molecular complexity index is 368. The van der Waals surface area contributed by atoms with Crippen molar-refractivity contribution in [2.45, 2.75) is 64.8 Å². The highest BCUT2D eigenvalue weighted by molar-refractivity contribution is 5.78. The Morgan fingerprint density at radius 3 is 1.95 bits per heavy atom. The summed E-state index contributed by atoms with van der Waals surface area (Å²) in [5.41, 5.74) is 0. The van der Waals surface area contributed by atoms with Gasteiger partial charge in [0.1, 0.15) is 0 Å². The Kier molecular flexibility index (Phi) is 6.52. The van der Waals surface area contributed by atoms with E-state index < -0.39 is 0 Å². The molecule has 0 radical (unpaired) electrons. The van der Waals surface area contributed by atoms with Gasteiger partial charge < -0.3 is 15.1 Å². The van der Waals surface area contributed by atoms with Crippen molar-refractivity contribution in [1.29, 1.82) is 0 Å². The molecular formula is C17H31N3O2. The lowest BCUT2D eigenvalue weighted by Crippen LogP contribution is -2.51. The van der Waals surface area contributed by atoms with Crippen molar-refractivity contribution in [3.8, 4) is 0 Å². The predicted molar refractivity (Wildman–Crippen MR) is 87.6 cm³/mol. The minimum absolute atomic E-state index is 0.0622. The third kappa shape index (κ3) is 4.89. The fourth-order valence-corrected chi connectivity index (χ4v) is 3.33. The number of likely N-dealkylation sites (tertiary alicyclic amines) is 2. The first-order valence-electron chi connectivity index (χ1n) is 8.92. The highest BCUT2D eigenvalue weighted by Crippen LogP contribution is 2.15. The lowest BCUT2D eigenvalue weighted by molar-refractivity contribution is -0.135. The SMILES string of the molecule is CC(C)C(=O)N1CCC(NC(=O)N2CCCCCCC2)CC1. The van der Waals surface area contributed by atoms with Crippen LogP contribution in [0.25, 0.3) is 0 Å². The van der Waals surface area contributed by atoms with Crippen molar-refractivity contribution in [1.82, 2.24) is 15.1 Å². The molecule has 2 rings (SSSR count). The Hall–Kier alpha value is -1.26. The number of piperidine rings is 1. The minimum Gasteiger partial charge on any atom is -0.342 e. The number of nitrogens with one attached hydrogen (secondary N) is 1. The summed E-state index contributed by atoms with van der Waals surface area (Å²) in [6.45, 7) is 7.19. The molecule has 1 N–H and O–H groups in total. The number of carbonyl (C=O) groups is 2. The van der Waals surface area contributed by atoms with Gasteiger partial charge in [-0.15, -0.1) is 0 Å².